The second kappa shape index (κ2) is 9.53. The molecule has 1 amide bonds. The molecule has 6 nitrogen and oxygen atoms in total. The highest BCUT2D eigenvalue weighted by atomic mass is 19.1. The average Bonchev–Trinajstić information content (AvgIpc) is 3.16. The van der Waals surface area contributed by atoms with E-state index in [0.29, 0.717) is 55.3 Å². The molecular weight excluding hydrogens is 409 g/mol. The van der Waals surface area contributed by atoms with Gasteiger partial charge < -0.3 is 14.2 Å². The number of benzene rings is 2. The number of halogens is 1. The molecule has 1 aliphatic heterocycles. The summed E-state index contributed by atoms with van der Waals surface area (Å²) in [7, 11) is 0. The van der Waals surface area contributed by atoms with Crippen molar-refractivity contribution in [1.29, 1.82) is 0 Å². The van der Waals surface area contributed by atoms with Crippen LogP contribution in [0.2, 0.25) is 0 Å². The van der Waals surface area contributed by atoms with Crippen molar-refractivity contribution in [2.75, 3.05) is 26.2 Å². The maximum absolute atomic E-state index is 13.9. The van der Waals surface area contributed by atoms with Gasteiger partial charge in [0.15, 0.2) is 5.69 Å². The molecule has 2 aromatic carbocycles. The van der Waals surface area contributed by atoms with Crippen molar-refractivity contribution in [2.45, 2.75) is 33.9 Å². The van der Waals surface area contributed by atoms with Crippen LogP contribution in [0, 0.1) is 26.6 Å². The summed E-state index contributed by atoms with van der Waals surface area (Å²) in [5.41, 5.74) is 3.98. The fourth-order valence-corrected chi connectivity index (χ4v) is 3.81. The Morgan fingerprint density at radius 1 is 1.06 bits per heavy atom. The van der Waals surface area contributed by atoms with Gasteiger partial charge in [-0.25, -0.2) is 4.39 Å². The second-order valence-corrected chi connectivity index (χ2v) is 8.26. The summed E-state index contributed by atoms with van der Waals surface area (Å²) in [5, 5.41) is 4.02. The van der Waals surface area contributed by atoms with Gasteiger partial charge >= 0.3 is 0 Å². The Kier molecular flexibility index (Phi) is 6.55. The lowest BCUT2D eigenvalue weighted by Gasteiger charge is -2.34. The van der Waals surface area contributed by atoms with E-state index < -0.39 is 0 Å². The summed E-state index contributed by atoms with van der Waals surface area (Å²) < 4.78 is 25.2. The number of carbonyl (C=O) groups excluding carboxylic acids is 1. The third kappa shape index (κ3) is 4.83. The third-order valence-electron chi connectivity index (χ3n) is 6.06. The quantitative estimate of drug-likeness (QED) is 0.576. The predicted molar refractivity (Wildman–Crippen MR) is 119 cm³/mol. The normalized spacial score (nSPS) is 14.6. The van der Waals surface area contributed by atoms with E-state index >= 15 is 0 Å². The molecule has 0 atom stereocenters. The summed E-state index contributed by atoms with van der Waals surface area (Å²) in [5.74, 6) is 0.966. The summed E-state index contributed by atoms with van der Waals surface area (Å²) in [6.07, 6.45) is 0. The van der Waals surface area contributed by atoms with Crippen molar-refractivity contribution in [3.63, 3.8) is 0 Å². The number of aromatic nitrogens is 1. The van der Waals surface area contributed by atoms with Gasteiger partial charge in [0.05, 0.1) is 5.56 Å². The number of amides is 1. The van der Waals surface area contributed by atoms with Gasteiger partial charge in [-0.1, -0.05) is 29.4 Å². The van der Waals surface area contributed by atoms with Gasteiger partial charge in [0.1, 0.15) is 23.9 Å². The Balaban J connectivity index is 1.38. The van der Waals surface area contributed by atoms with E-state index in [4.69, 9.17) is 9.26 Å². The Labute approximate surface area is 187 Å². The Morgan fingerprint density at radius 2 is 1.81 bits per heavy atom. The molecule has 2 heterocycles. The number of piperazine rings is 1. The van der Waals surface area contributed by atoms with Crippen LogP contribution in [-0.2, 0) is 13.2 Å². The fraction of sp³-hybridized carbons (Fsp3) is 0.360. The lowest BCUT2D eigenvalue weighted by molar-refractivity contribution is 0.0614. The summed E-state index contributed by atoms with van der Waals surface area (Å²) in [4.78, 5) is 17.1. The summed E-state index contributed by atoms with van der Waals surface area (Å²) in [6, 6.07) is 12.7. The molecule has 0 spiro atoms. The lowest BCUT2D eigenvalue weighted by Crippen LogP contribution is -2.48. The highest BCUT2D eigenvalue weighted by molar-refractivity contribution is 5.93. The number of carbonyl (C=O) groups is 1. The molecule has 1 saturated heterocycles. The van der Waals surface area contributed by atoms with E-state index in [1.165, 1.54) is 11.6 Å². The van der Waals surface area contributed by atoms with Gasteiger partial charge in [0.25, 0.3) is 5.91 Å². The Hall–Kier alpha value is -3.19. The van der Waals surface area contributed by atoms with E-state index in [-0.39, 0.29) is 18.3 Å². The van der Waals surface area contributed by atoms with Crippen molar-refractivity contribution in [2.24, 2.45) is 0 Å². The first kappa shape index (κ1) is 22.0. The van der Waals surface area contributed by atoms with Gasteiger partial charge in [-0.05, 0) is 50.1 Å². The van der Waals surface area contributed by atoms with E-state index in [2.05, 4.69) is 17.0 Å². The highest BCUT2D eigenvalue weighted by Gasteiger charge is 2.28. The minimum absolute atomic E-state index is 0.161. The standard InChI is InChI=1S/C25H28FN3O3/c1-17-8-9-21(14-18(17)2)31-16-22-19(3)32-27-24(22)25(30)29-12-10-28(11-13-29)15-20-6-4-5-7-23(20)26/h4-9,14H,10-13,15-16H2,1-3H3. The Bertz CT molecular complexity index is 1100. The molecule has 3 aromatic rings. The number of hydrogen-bond acceptors (Lipinski definition) is 5. The smallest absolute Gasteiger partial charge is 0.276 e. The van der Waals surface area contributed by atoms with Gasteiger partial charge in [0, 0.05) is 38.3 Å². The van der Waals surface area contributed by atoms with Gasteiger partial charge in [-0.2, -0.15) is 0 Å². The molecule has 0 bridgehead atoms. The molecule has 0 N–H and O–H groups in total. The van der Waals surface area contributed by atoms with E-state index in [9.17, 15) is 9.18 Å². The number of hydrogen-bond donors (Lipinski definition) is 0. The third-order valence-corrected chi connectivity index (χ3v) is 6.06. The molecule has 168 valence electrons. The second-order valence-electron chi connectivity index (χ2n) is 8.26. The number of rotatable bonds is 6. The van der Waals surface area contributed by atoms with Crippen molar-refractivity contribution in [3.05, 3.63) is 82.0 Å². The van der Waals surface area contributed by atoms with Crippen molar-refractivity contribution < 1.29 is 18.4 Å². The molecule has 0 unspecified atom stereocenters. The van der Waals surface area contributed by atoms with Gasteiger partial charge in [-0.15, -0.1) is 0 Å². The summed E-state index contributed by atoms with van der Waals surface area (Å²) >= 11 is 0. The van der Waals surface area contributed by atoms with E-state index in [1.807, 2.05) is 31.2 Å². The minimum atomic E-state index is -0.197. The lowest BCUT2D eigenvalue weighted by atomic mass is 10.1. The first-order valence-corrected chi connectivity index (χ1v) is 10.8. The first-order chi connectivity index (χ1) is 15.4. The maximum atomic E-state index is 13.9. The number of nitrogens with zero attached hydrogens (tertiary/aromatic N) is 3. The van der Waals surface area contributed by atoms with Gasteiger partial charge in [-0.3, -0.25) is 9.69 Å². The van der Waals surface area contributed by atoms with Crippen LogP contribution >= 0.6 is 0 Å². The zero-order valence-electron chi connectivity index (χ0n) is 18.7. The fourth-order valence-electron chi connectivity index (χ4n) is 3.81. The molecule has 1 fully saturated rings. The van der Waals surface area contributed by atoms with E-state index in [1.54, 1.807) is 24.0 Å². The molecule has 1 aromatic heterocycles. The minimum Gasteiger partial charge on any atom is -0.489 e. The van der Waals surface area contributed by atoms with Crippen LogP contribution in [0.3, 0.4) is 0 Å². The maximum Gasteiger partial charge on any atom is 0.276 e. The number of aryl methyl sites for hydroxylation is 3. The van der Waals surface area contributed by atoms with Gasteiger partial charge in [0.2, 0.25) is 0 Å². The molecule has 7 heteroatoms. The molecule has 0 saturated carbocycles. The van der Waals surface area contributed by atoms with Crippen LogP contribution in [0.15, 0.2) is 47.0 Å². The van der Waals surface area contributed by atoms with Crippen LogP contribution in [-0.4, -0.2) is 47.0 Å². The predicted octanol–water partition coefficient (Wildman–Crippen LogP) is 4.28. The SMILES string of the molecule is Cc1ccc(OCc2c(C(=O)N3CCN(Cc4ccccc4F)CC3)noc2C)cc1C. The largest absolute Gasteiger partial charge is 0.489 e. The van der Waals surface area contributed by atoms with Crippen molar-refractivity contribution in [1.82, 2.24) is 15.0 Å². The van der Waals surface area contributed by atoms with Crippen LogP contribution in [0.4, 0.5) is 4.39 Å². The molecule has 0 aliphatic carbocycles. The number of ether oxygens (including phenoxy) is 1. The van der Waals surface area contributed by atoms with Crippen LogP contribution < -0.4 is 4.74 Å². The van der Waals surface area contributed by atoms with Crippen molar-refractivity contribution >= 4 is 5.91 Å². The zero-order chi connectivity index (χ0) is 22.7. The molecule has 1 aliphatic rings. The molecule has 0 radical (unpaired) electrons. The van der Waals surface area contributed by atoms with Crippen molar-refractivity contribution in [3.8, 4) is 5.75 Å². The molecule has 32 heavy (non-hydrogen) atoms. The first-order valence-electron chi connectivity index (χ1n) is 10.8. The Morgan fingerprint density at radius 3 is 2.53 bits per heavy atom. The van der Waals surface area contributed by atoms with E-state index in [0.717, 1.165) is 11.3 Å². The topological polar surface area (TPSA) is 58.8 Å². The van der Waals surface area contributed by atoms with Crippen LogP contribution in [0.5, 0.6) is 5.75 Å². The van der Waals surface area contributed by atoms with Crippen LogP contribution in [0.1, 0.15) is 38.5 Å². The van der Waals surface area contributed by atoms with Crippen LogP contribution in [0.25, 0.3) is 0 Å². The monoisotopic (exact) mass is 437 g/mol. The summed E-state index contributed by atoms with van der Waals surface area (Å²) in [6.45, 7) is 9.07. The zero-order valence-corrected chi connectivity index (χ0v) is 18.7. The highest BCUT2D eigenvalue weighted by Crippen LogP contribution is 2.22. The molecular formula is C25H28FN3O3. The average molecular weight is 438 g/mol. The molecule has 4 rings (SSSR count).